The normalized spacial score (nSPS) is 14.6. The molecule has 0 fully saturated rings. The number of ether oxygens (including phenoxy) is 6. The molecule has 5 atom stereocenters. The zero-order valence-corrected chi connectivity index (χ0v) is 34.7. The number of aliphatic carboxylic acids is 1. The van der Waals surface area contributed by atoms with E-state index in [2.05, 4.69) is 19.9 Å². The molecule has 0 aromatic heterocycles. The number of carbonyl (C=O) groups excluding carboxylic acids is 2. The predicted molar refractivity (Wildman–Crippen MR) is 214 cm³/mol. The van der Waals surface area contributed by atoms with Crippen molar-refractivity contribution in [3.63, 3.8) is 0 Å². The van der Waals surface area contributed by atoms with Gasteiger partial charge >= 0.3 is 17.9 Å². The van der Waals surface area contributed by atoms with E-state index >= 15 is 0 Å². The van der Waals surface area contributed by atoms with E-state index in [1.165, 1.54) is 64.9 Å². The zero-order valence-electron chi connectivity index (χ0n) is 34.7. The Morgan fingerprint density at radius 1 is 0.727 bits per heavy atom. The lowest BCUT2D eigenvalue weighted by atomic mass is 9.71. The molecule has 11 nitrogen and oxygen atoms in total. The van der Waals surface area contributed by atoms with Gasteiger partial charge in [-0.1, -0.05) is 109 Å². The van der Waals surface area contributed by atoms with Crippen LogP contribution in [0.5, 0.6) is 0 Å². The van der Waals surface area contributed by atoms with Gasteiger partial charge in [-0.15, -0.1) is 0 Å². The van der Waals surface area contributed by atoms with Crippen molar-refractivity contribution in [3.8, 4) is 6.07 Å². The average molecular weight is 776 g/mol. The van der Waals surface area contributed by atoms with Crippen LogP contribution >= 0.6 is 0 Å². The van der Waals surface area contributed by atoms with Crippen molar-refractivity contribution >= 4 is 17.9 Å². The van der Waals surface area contributed by atoms with E-state index in [9.17, 15) is 24.8 Å². The van der Waals surface area contributed by atoms with Crippen molar-refractivity contribution < 1.29 is 47.9 Å². The number of hydrogen-bond acceptors (Lipinski definition) is 10. The van der Waals surface area contributed by atoms with Crippen LogP contribution in [0.15, 0.2) is 30.3 Å². The van der Waals surface area contributed by atoms with Crippen molar-refractivity contribution in [2.24, 2.45) is 23.2 Å². The molecule has 0 heterocycles. The molecule has 0 aliphatic rings. The van der Waals surface area contributed by atoms with Gasteiger partial charge in [0.05, 0.1) is 76.7 Å². The van der Waals surface area contributed by atoms with Gasteiger partial charge in [-0.2, -0.15) is 5.26 Å². The molecule has 11 heteroatoms. The topological polar surface area (TPSA) is 151 Å². The Bertz CT molecular complexity index is 1170. The number of benzene rings is 1. The average Bonchev–Trinajstić information content (AvgIpc) is 3.19. The molecule has 1 rings (SSSR count). The first kappa shape index (κ1) is 50.0. The molecule has 0 saturated carbocycles. The number of hydrogen-bond donors (Lipinski definition) is 1. The molecule has 0 saturated heterocycles. The minimum Gasteiger partial charge on any atom is -0.481 e. The Labute approximate surface area is 332 Å². The van der Waals surface area contributed by atoms with Crippen LogP contribution in [0.25, 0.3) is 0 Å². The molecule has 1 aromatic rings. The van der Waals surface area contributed by atoms with Crippen LogP contribution in [0.2, 0.25) is 0 Å². The van der Waals surface area contributed by atoms with Gasteiger partial charge < -0.3 is 33.5 Å². The summed E-state index contributed by atoms with van der Waals surface area (Å²) in [5.74, 6) is -4.38. The van der Waals surface area contributed by atoms with Crippen LogP contribution in [0, 0.1) is 34.5 Å². The highest BCUT2D eigenvalue weighted by Gasteiger charge is 2.42. The fraction of sp³-hybridized carbons (Fsp3) is 0.773. The molecular weight excluding hydrogens is 702 g/mol. The van der Waals surface area contributed by atoms with Crippen molar-refractivity contribution in [2.45, 2.75) is 130 Å². The Kier molecular flexibility index (Phi) is 29.2. The van der Waals surface area contributed by atoms with E-state index in [0.717, 1.165) is 25.0 Å². The fourth-order valence-electron chi connectivity index (χ4n) is 6.96. The summed E-state index contributed by atoms with van der Waals surface area (Å²) in [4.78, 5) is 38.2. The molecule has 1 aromatic carbocycles. The summed E-state index contributed by atoms with van der Waals surface area (Å²) in [6.45, 7) is 11.3. The molecule has 55 heavy (non-hydrogen) atoms. The van der Waals surface area contributed by atoms with Crippen molar-refractivity contribution in [1.82, 2.24) is 0 Å². The third-order valence-electron chi connectivity index (χ3n) is 10.2. The largest absolute Gasteiger partial charge is 0.481 e. The maximum Gasteiger partial charge on any atom is 0.311 e. The van der Waals surface area contributed by atoms with E-state index in [1.54, 1.807) is 13.8 Å². The minimum absolute atomic E-state index is 0.0207. The first-order valence-electron chi connectivity index (χ1n) is 20.8. The maximum atomic E-state index is 13.1. The quantitative estimate of drug-likeness (QED) is 0.0514. The van der Waals surface area contributed by atoms with E-state index in [1.807, 2.05) is 30.3 Å². The highest BCUT2D eigenvalue weighted by molar-refractivity contribution is 5.79. The number of carboxylic acids is 1. The smallest absolute Gasteiger partial charge is 0.311 e. The Hall–Kier alpha value is -3.04. The monoisotopic (exact) mass is 776 g/mol. The number of nitriles is 1. The first-order valence-corrected chi connectivity index (χ1v) is 20.8. The fourth-order valence-corrected chi connectivity index (χ4v) is 6.96. The SMILES string of the molecule is CCCCCCCCCCCCOCCOCCOCCOCCOC(=O)C(C)CC(CC(C)(CC(C#N)CC(CC)c1ccccc1)C(=O)OC)C(=O)O. The zero-order chi connectivity index (χ0) is 40.6. The summed E-state index contributed by atoms with van der Waals surface area (Å²) < 4.78 is 32.7. The summed E-state index contributed by atoms with van der Waals surface area (Å²) >= 11 is 0. The van der Waals surface area contributed by atoms with E-state index in [4.69, 9.17) is 28.4 Å². The third-order valence-corrected chi connectivity index (χ3v) is 10.2. The molecule has 0 bridgehead atoms. The van der Waals surface area contributed by atoms with Gasteiger partial charge in [-0.05, 0) is 56.9 Å². The van der Waals surface area contributed by atoms with Crippen molar-refractivity contribution in [3.05, 3.63) is 35.9 Å². The maximum absolute atomic E-state index is 13.1. The van der Waals surface area contributed by atoms with Gasteiger partial charge in [0.25, 0.3) is 0 Å². The summed E-state index contributed by atoms with van der Waals surface area (Å²) in [6.07, 6.45) is 14.5. The van der Waals surface area contributed by atoms with Crippen LogP contribution in [0.1, 0.15) is 135 Å². The van der Waals surface area contributed by atoms with Gasteiger partial charge in [0.1, 0.15) is 6.61 Å². The number of carboxylic acid groups (broad SMARTS) is 1. The molecular formula is C44H73NO10. The number of rotatable bonds is 36. The van der Waals surface area contributed by atoms with E-state index in [-0.39, 0.29) is 38.4 Å². The number of carbonyl (C=O) groups is 3. The number of methoxy groups -OCH3 is 1. The number of esters is 2. The predicted octanol–water partition coefficient (Wildman–Crippen LogP) is 8.93. The number of unbranched alkanes of at least 4 members (excludes halogenated alkanes) is 9. The van der Waals surface area contributed by atoms with Gasteiger partial charge in [-0.25, -0.2) is 0 Å². The molecule has 5 unspecified atom stereocenters. The molecule has 0 spiro atoms. The second-order valence-electron chi connectivity index (χ2n) is 15.0. The lowest BCUT2D eigenvalue weighted by Crippen LogP contribution is -2.36. The molecule has 0 aliphatic carbocycles. The van der Waals surface area contributed by atoms with Gasteiger partial charge in [-0.3, -0.25) is 14.4 Å². The standard InChI is InChI=1S/C44H73NO10/c1-6-8-9-10-11-12-13-14-15-19-22-51-23-24-52-25-26-53-27-28-54-29-30-55-42(48)36(3)31-40(41(46)47)34-44(4,43(49)50-5)33-37(35-45)32-38(7-2)39-20-17-16-18-21-39/h16-18,20-21,36-38,40H,6-15,19,22-34H2,1-5H3,(H,46,47). The lowest BCUT2D eigenvalue weighted by molar-refractivity contribution is -0.156. The van der Waals surface area contributed by atoms with Crippen molar-refractivity contribution in [1.29, 1.82) is 5.26 Å². The highest BCUT2D eigenvalue weighted by atomic mass is 16.6. The van der Waals surface area contributed by atoms with Crippen LogP contribution in [-0.4, -0.2) is 89.6 Å². The second kappa shape index (κ2) is 32.1. The first-order chi connectivity index (χ1) is 26.6. The summed E-state index contributed by atoms with van der Waals surface area (Å²) in [5.41, 5.74) is -0.120. The minimum atomic E-state index is -1.24. The van der Waals surface area contributed by atoms with Crippen LogP contribution in [-0.2, 0) is 42.8 Å². The molecule has 314 valence electrons. The Morgan fingerprint density at radius 3 is 1.73 bits per heavy atom. The van der Waals surface area contributed by atoms with Crippen LogP contribution < -0.4 is 0 Å². The molecule has 0 amide bonds. The van der Waals surface area contributed by atoms with E-state index < -0.39 is 41.1 Å². The van der Waals surface area contributed by atoms with Gasteiger partial charge in [0.15, 0.2) is 0 Å². The highest BCUT2D eigenvalue weighted by Crippen LogP contribution is 2.40. The summed E-state index contributed by atoms with van der Waals surface area (Å²) in [7, 11) is 1.26. The number of nitrogens with zero attached hydrogens (tertiary/aromatic N) is 1. The van der Waals surface area contributed by atoms with Crippen LogP contribution in [0.4, 0.5) is 0 Å². The second-order valence-corrected chi connectivity index (χ2v) is 15.0. The summed E-state index contributed by atoms with van der Waals surface area (Å²) in [5, 5.41) is 20.2. The Balaban J connectivity index is 2.26. The van der Waals surface area contributed by atoms with E-state index in [0.29, 0.717) is 46.1 Å². The molecule has 0 radical (unpaired) electrons. The van der Waals surface area contributed by atoms with Crippen molar-refractivity contribution in [2.75, 3.05) is 66.6 Å². The molecule has 0 aliphatic heterocycles. The van der Waals surface area contributed by atoms with Gasteiger partial charge in [0, 0.05) is 12.5 Å². The third kappa shape index (κ3) is 23.6. The summed E-state index contributed by atoms with van der Waals surface area (Å²) in [6, 6.07) is 12.3. The molecule has 1 N–H and O–H groups in total. The Morgan fingerprint density at radius 2 is 1.24 bits per heavy atom. The lowest BCUT2D eigenvalue weighted by Gasteiger charge is -2.32. The van der Waals surface area contributed by atoms with Crippen LogP contribution in [0.3, 0.4) is 0 Å². The van der Waals surface area contributed by atoms with Gasteiger partial charge in [0.2, 0.25) is 0 Å².